The summed E-state index contributed by atoms with van der Waals surface area (Å²) in [6, 6.07) is 12.6. The lowest BCUT2D eigenvalue weighted by Crippen LogP contribution is -2.20. The van der Waals surface area contributed by atoms with Gasteiger partial charge in [0.1, 0.15) is 12.4 Å². The molecule has 1 N–H and O–H groups in total. The highest BCUT2D eigenvalue weighted by atomic mass is 16.6. The molecule has 0 aliphatic carbocycles. The maximum absolute atomic E-state index is 11.1. The van der Waals surface area contributed by atoms with E-state index in [1.54, 1.807) is 16.8 Å². The number of anilines is 1. The predicted octanol–water partition coefficient (Wildman–Crippen LogP) is 3.86. The number of allylic oxidation sites excluding steroid dienone is 1. The summed E-state index contributed by atoms with van der Waals surface area (Å²) < 4.78 is 1.73. The highest BCUT2D eigenvalue weighted by Crippen LogP contribution is 2.33. The Hall–Kier alpha value is -3.48. The van der Waals surface area contributed by atoms with E-state index in [9.17, 15) is 10.1 Å². The van der Waals surface area contributed by atoms with Crippen molar-refractivity contribution in [3.63, 3.8) is 0 Å². The number of nitrogens with zero attached hydrogens (tertiary/aromatic N) is 4. The van der Waals surface area contributed by atoms with Gasteiger partial charge in [-0.05, 0) is 48.2 Å². The molecule has 0 spiro atoms. The van der Waals surface area contributed by atoms with Gasteiger partial charge < -0.3 is 5.32 Å². The fourth-order valence-corrected chi connectivity index (χ4v) is 3.07. The van der Waals surface area contributed by atoms with E-state index in [1.807, 2.05) is 12.1 Å². The summed E-state index contributed by atoms with van der Waals surface area (Å²) in [5.74, 6) is 0.609. The highest BCUT2D eigenvalue weighted by molar-refractivity contribution is 5.77. The maximum Gasteiger partial charge on any atom is 0.269 e. The van der Waals surface area contributed by atoms with Gasteiger partial charge in [-0.15, -0.1) is 0 Å². The third-order valence-electron chi connectivity index (χ3n) is 4.65. The van der Waals surface area contributed by atoms with E-state index in [-0.39, 0.29) is 16.7 Å². The number of nitro groups is 1. The zero-order chi connectivity index (χ0) is 18.3. The molecule has 3 aromatic rings. The Balaban J connectivity index is 1.82. The van der Waals surface area contributed by atoms with Crippen LogP contribution in [-0.2, 0) is 0 Å². The summed E-state index contributed by atoms with van der Waals surface area (Å²) in [4.78, 5) is 15.0. The smallest absolute Gasteiger partial charge is 0.269 e. The highest BCUT2D eigenvalue weighted by Gasteiger charge is 2.24. The number of rotatable bonds is 3. The molecular weight excluding hydrogens is 330 g/mol. The molecule has 7 heteroatoms. The Kier molecular flexibility index (Phi) is 3.76. The normalized spacial score (nSPS) is 15.8. The molecule has 1 aliphatic heterocycles. The number of benzene rings is 2. The standard InChI is InChI=1S/C19H17N5O2/c1-12-6-7-14(8-13(12)2)17-10-18(23-19(22-17)20-11-21-23)15-4-3-5-16(9-15)24(25)26/h3-11,18H,1-2H3,(H,20,21,22)/t18-/m1/s1. The number of aryl methyl sites for hydroxylation is 2. The van der Waals surface area contributed by atoms with Crippen LogP contribution in [0.2, 0.25) is 0 Å². The second-order valence-electron chi connectivity index (χ2n) is 6.33. The van der Waals surface area contributed by atoms with E-state index in [1.165, 1.54) is 23.5 Å². The third-order valence-corrected chi connectivity index (χ3v) is 4.65. The number of nitrogens with one attached hydrogen (secondary N) is 1. The van der Waals surface area contributed by atoms with Crippen molar-refractivity contribution in [1.82, 2.24) is 14.8 Å². The van der Waals surface area contributed by atoms with E-state index in [0.717, 1.165) is 16.8 Å². The van der Waals surface area contributed by atoms with Gasteiger partial charge in [-0.25, -0.2) is 4.68 Å². The van der Waals surface area contributed by atoms with Crippen molar-refractivity contribution in [2.24, 2.45) is 0 Å². The second kappa shape index (κ2) is 6.11. The van der Waals surface area contributed by atoms with Crippen molar-refractivity contribution in [1.29, 1.82) is 0 Å². The van der Waals surface area contributed by atoms with E-state index in [4.69, 9.17) is 0 Å². The van der Waals surface area contributed by atoms with Crippen LogP contribution in [0.4, 0.5) is 11.6 Å². The van der Waals surface area contributed by atoms with Crippen LogP contribution in [0.25, 0.3) is 5.70 Å². The molecule has 1 aromatic heterocycles. The molecule has 0 bridgehead atoms. The lowest BCUT2D eigenvalue weighted by Gasteiger charge is -2.24. The second-order valence-corrected chi connectivity index (χ2v) is 6.33. The molecule has 2 aromatic carbocycles. The Morgan fingerprint density at radius 1 is 1.15 bits per heavy atom. The molecule has 1 atom stereocenters. The first-order chi connectivity index (χ1) is 12.5. The molecule has 0 fully saturated rings. The van der Waals surface area contributed by atoms with Gasteiger partial charge in [-0.2, -0.15) is 10.1 Å². The SMILES string of the molecule is Cc1ccc(C2=C[C@H](c3cccc([N+](=O)[O-])c3)n3ncnc3N2)cc1C. The number of aromatic nitrogens is 3. The van der Waals surface area contributed by atoms with Gasteiger partial charge in [-0.1, -0.05) is 24.3 Å². The molecule has 0 radical (unpaired) electrons. The first kappa shape index (κ1) is 16.0. The van der Waals surface area contributed by atoms with Crippen LogP contribution < -0.4 is 5.32 Å². The zero-order valence-corrected chi connectivity index (χ0v) is 14.4. The molecule has 0 saturated heterocycles. The number of fused-ring (bicyclic) bond motifs is 1. The fraction of sp³-hybridized carbons (Fsp3) is 0.158. The molecule has 2 heterocycles. The van der Waals surface area contributed by atoms with E-state index < -0.39 is 0 Å². The Morgan fingerprint density at radius 2 is 2.00 bits per heavy atom. The first-order valence-corrected chi connectivity index (χ1v) is 8.23. The summed E-state index contributed by atoms with van der Waals surface area (Å²) in [5, 5.41) is 18.7. The van der Waals surface area contributed by atoms with Gasteiger partial charge >= 0.3 is 0 Å². The minimum Gasteiger partial charge on any atom is -0.324 e. The van der Waals surface area contributed by atoms with Crippen LogP contribution in [0.3, 0.4) is 0 Å². The molecule has 0 saturated carbocycles. The lowest BCUT2D eigenvalue weighted by molar-refractivity contribution is -0.384. The average molecular weight is 347 g/mol. The third kappa shape index (κ3) is 2.73. The number of non-ortho nitro benzene ring substituents is 1. The van der Waals surface area contributed by atoms with Gasteiger partial charge in [0, 0.05) is 17.8 Å². The molecule has 7 nitrogen and oxygen atoms in total. The van der Waals surface area contributed by atoms with Crippen LogP contribution in [0.5, 0.6) is 0 Å². The number of hydrogen-bond donors (Lipinski definition) is 1. The Morgan fingerprint density at radius 3 is 2.77 bits per heavy atom. The monoisotopic (exact) mass is 347 g/mol. The van der Waals surface area contributed by atoms with Gasteiger partial charge in [-0.3, -0.25) is 10.1 Å². The van der Waals surface area contributed by atoms with Crippen molar-refractivity contribution >= 4 is 17.3 Å². The van der Waals surface area contributed by atoms with Gasteiger partial charge in [0.2, 0.25) is 5.95 Å². The molecule has 130 valence electrons. The zero-order valence-electron chi connectivity index (χ0n) is 14.4. The molecule has 0 unspecified atom stereocenters. The molecule has 0 amide bonds. The van der Waals surface area contributed by atoms with Crippen LogP contribution in [-0.4, -0.2) is 19.7 Å². The van der Waals surface area contributed by atoms with Gasteiger partial charge in [0.05, 0.1) is 4.92 Å². The van der Waals surface area contributed by atoms with Crippen molar-refractivity contribution in [2.75, 3.05) is 5.32 Å². The summed E-state index contributed by atoms with van der Waals surface area (Å²) in [7, 11) is 0. The van der Waals surface area contributed by atoms with Gasteiger partial charge in [0.15, 0.2) is 0 Å². The molecule has 1 aliphatic rings. The quantitative estimate of drug-likeness (QED) is 0.574. The minimum absolute atomic E-state index is 0.0591. The van der Waals surface area contributed by atoms with Crippen molar-refractivity contribution in [3.8, 4) is 0 Å². The van der Waals surface area contributed by atoms with Gasteiger partial charge in [0.25, 0.3) is 5.69 Å². The van der Waals surface area contributed by atoms with Crippen molar-refractivity contribution in [3.05, 3.63) is 87.2 Å². The summed E-state index contributed by atoms with van der Waals surface area (Å²) in [6.45, 7) is 4.15. The Bertz CT molecular complexity index is 1040. The van der Waals surface area contributed by atoms with Crippen molar-refractivity contribution in [2.45, 2.75) is 19.9 Å². The van der Waals surface area contributed by atoms with E-state index in [0.29, 0.717) is 5.95 Å². The van der Waals surface area contributed by atoms with Crippen LogP contribution >= 0.6 is 0 Å². The Labute approximate surface area is 150 Å². The van der Waals surface area contributed by atoms with E-state index >= 15 is 0 Å². The maximum atomic E-state index is 11.1. The summed E-state index contributed by atoms with van der Waals surface area (Å²) in [5.41, 5.74) is 5.22. The average Bonchev–Trinajstić information content (AvgIpc) is 3.12. The predicted molar refractivity (Wildman–Crippen MR) is 98.8 cm³/mol. The number of nitro benzene ring substituents is 1. The number of hydrogen-bond acceptors (Lipinski definition) is 5. The molecular formula is C19H17N5O2. The summed E-state index contributed by atoms with van der Waals surface area (Å²) in [6.07, 6.45) is 3.49. The molecule has 26 heavy (non-hydrogen) atoms. The molecule has 4 rings (SSSR count). The van der Waals surface area contributed by atoms with Crippen LogP contribution in [0.15, 0.2) is 54.9 Å². The summed E-state index contributed by atoms with van der Waals surface area (Å²) >= 11 is 0. The topological polar surface area (TPSA) is 85.9 Å². The minimum atomic E-state index is -0.388. The largest absolute Gasteiger partial charge is 0.324 e. The van der Waals surface area contributed by atoms with E-state index in [2.05, 4.69) is 47.4 Å². The van der Waals surface area contributed by atoms with Crippen LogP contribution in [0, 0.1) is 24.0 Å². The fourth-order valence-electron chi connectivity index (χ4n) is 3.07. The first-order valence-electron chi connectivity index (χ1n) is 8.23. The lowest BCUT2D eigenvalue weighted by atomic mass is 9.99. The van der Waals surface area contributed by atoms with Crippen LogP contribution in [0.1, 0.15) is 28.3 Å². The van der Waals surface area contributed by atoms with Crippen molar-refractivity contribution < 1.29 is 4.92 Å².